The number of nitrogens with zero attached hydrogens (tertiary/aromatic N) is 2. The summed E-state index contributed by atoms with van der Waals surface area (Å²) in [7, 11) is -3.24. The first-order valence-electron chi connectivity index (χ1n) is 5.97. The third-order valence-electron chi connectivity index (χ3n) is 3.10. The maximum atomic E-state index is 12.0. The van der Waals surface area contributed by atoms with Gasteiger partial charge in [-0.15, -0.1) is 0 Å². The molecule has 1 heterocycles. The number of sulfone groups is 1. The van der Waals surface area contributed by atoms with Crippen LogP contribution < -0.4 is 0 Å². The minimum Gasteiger partial charge on any atom is -0.478 e. The van der Waals surface area contributed by atoms with E-state index in [-0.39, 0.29) is 17.9 Å². The maximum absolute atomic E-state index is 12.0. The molecule has 0 fully saturated rings. The minimum atomic E-state index is -3.24. The number of carboxylic acids is 1. The van der Waals surface area contributed by atoms with E-state index in [1.165, 1.54) is 4.68 Å². The van der Waals surface area contributed by atoms with Crippen LogP contribution in [0.2, 0.25) is 0 Å². The Bertz CT molecular complexity index is 594. The first kappa shape index (κ1) is 15.7. The van der Waals surface area contributed by atoms with Gasteiger partial charge in [0.15, 0.2) is 9.84 Å². The highest BCUT2D eigenvalue weighted by Gasteiger charge is 2.29. The summed E-state index contributed by atoms with van der Waals surface area (Å²) < 4.78 is 24.6. The second-order valence-electron chi connectivity index (χ2n) is 5.51. The number of carbonyl (C=O) groups is 1. The van der Waals surface area contributed by atoms with Crippen LogP contribution in [-0.4, -0.2) is 39.8 Å². The third kappa shape index (κ3) is 3.15. The molecule has 0 atom stereocenters. The Morgan fingerprint density at radius 3 is 2.21 bits per heavy atom. The average molecular weight is 288 g/mol. The molecule has 0 aromatic carbocycles. The molecular weight excluding hydrogens is 268 g/mol. The van der Waals surface area contributed by atoms with Crippen molar-refractivity contribution in [3.8, 4) is 0 Å². The Kier molecular flexibility index (Phi) is 4.09. The lowest BCUT2D eigenvalue weighted by molar-refractivity contribution is 0.0695. The topological polar surface area (TPSA) is 89.3 Å². The molecule has 0 unspecified atom stereocenters. The summed E-state index contributed by atoms with van der Waals surface area (Å²) in [5, 5.41) is 13.1. The van der Waals surface area contributed by atoms with E-state index in [1.807, 2.05) is 0 Å². The molecule has 6 nitrogen and oxygen atoms in total. The molecule has 1 N–H and O–H groups in total. The predicted octanol–water partition coefficient (Wildman–Crippen LogP) is 1.41. The molecule has 1 rings (SSSR count). The molecule has 1 aromatic rings. The number of carboxylic acid groups (broad SMARTS) is 1. The van der Waals surface area contributed by atoms with Crippen molar-refractivity contribution >= 4 is 15.8 Å². The van der Waals surface area contributed by atoms with Crippen molar-refractivity contribution < 1.29 is 18.3 Å². The zero-order chi connectivity index (χ0) is 15.0. The van der Waals surface area contributed by atoms with Crippen LogP contribution in [0.3, 0.4) is 0 Å². The van der Waals surface area contributed by atoms with Gasteiger partial charge in [0.1, 0.15) is 5.56 Å². The first-order valence-corrected chi connectivity index (χ1v) is 7.62. The number of hydrogen-bond acceptors (Lipinski definition) is 4. The fourth-order valence-corrected chi connectivity index (χ4v) is 2.76. The normalized spacial score (nSPS) is 12.7. The molecule has 0 aliphatic heterocycles. The van der Waals surface area contributed by atoms with Crippen molar-refractivity contribution in [2.75, 3.05) is 5.75 Å². The van der Waals surface area contributed by atoms with Crippen LogP contribution in [0.1, 0.15) is 42.5 Å². The molecule has 19 heavy (non-hydrogen) atoms. The van der Waals surface area contributed by atoms with Crippen LogP contribution in [0.15, 0.2) is 0 Å². The molecule has 0 saturated carbocycles. The average Bonchev–Trinajstić information content (AvgIpc) is 2.49. The summed E-state index contributed by atoms with van der Waals surface area (Å²) in [6.07, 6.45) is 0. The van der Waals surface area contributed by atoms with Gasteiger partial charge in [0.2, 0.25) is 0 Å². The Morgan fingerprint density at radius 1 is 1.32 bits per heavy atom. The maximum Gasteiger partial charge on any atom is 0.339 e. The molecule has 0 amide bonds. The minimum absolute atomic E-state index is 0.0580. The smallest absolute Gasteiger partial charge is 0.339 e. The van der Waals surface area contributed by atoms with E-state index < -0.39 is 20.6 Å². The summed E-state index contributed by atoms with van der Waals surface area (Å²) in [4.78, 5) is 11.0. The molecular formula is C12H20N2O4S. The SMILES string of the molecule is Cc1nn(CCS(=O)(=O)C(C)(C)C)c(C)c1C(=O)O. The van der Waals surface area contributed by atoms with Crippen molar-refractivity contribution in [3.63, 3.8) is 0 Å². The summed E-state index contributed by atoms with van der Waals surface area (Å²) in [5.41, 5.74) is 1.03. The Balaban J connectivity index is 2.98. The number of rotatable bonds is 4. The van der Waals surface area contributed by atoms with Crippen molar-refractivity contribution in [1.29, 1.82) is 0 Å². The highest BCUT2D eigenvalue weighted by atomic mass is 32.2. The summed E-state index contributed by atoms with van der Waals surface area (Å²) in [6.45, 7) is 8.34. The van der Waals surface area contributed by atoms with E-state index in [0.717, 1.165) is 0 Å². The van der Waals surface area contributed by atoms with E-state index in [4.69, 9.17) is 5.11 Å². The fourth-order valence-electron chi connectivity index (χ4n) is 1.74. The summed E-state index contributed by atoms with van der Waals surface area (Å²) in [6, 6.07) is 0. The standard InChI is InChI=1S/C12H20N2O4S/c1-8-10(11(15)16)9(2)14(13-8)6-7-19(17,18)12(3,4)5/h6-7H2,1-5H3,(H,15,16). The first-order chi connectivity index (χ1) is 8.47. The molecule has 1 aromatic heterocycles. The van der Waals surface area contributed by atoms with E-state index in [1.54, 1.807) is 34.6 Å². The van der Waals surface area contributed by atoms with Gasteiger partial charge < -0.3 is 5.11 Å². The Labute approximate surface area is 113 Å². The van der Waals surface area contributed by atoms with Crippen molar-refractivity contribution in [1.82, 2.24) is 9.78 Å². The van der Waals surface area contributed by atoms with Gasteiger partial charge in [0, 0.05) is 0 Å². The van der Waals surface area contributed by atoms with E-state index in [0.29, 0.717) is 11.4 Å². The van der Waals surface area contributed by atoms with Gasteiger partial charge in [-0.1, -0.05) is 0 Å². The van der Waals surface area contributed by atoms with Gasteiger partial charge in [-0.3, -0.25) is 4.68 Å². The molecule has 0 spiro atoms. The second-order valence-corrected chi connectivity index (χ2v) is 8.37. The zero-order valence-electron chi connectivity index (χ0n) is 11.9. The Hall–Kier alpha value is -1.37. The molecule has 0 saturated heterocycles. The van der Waals surface area contributed by atoms with Gasteiger partial charge >= 0.3 is 5.97 Å². The monoisotopic (exact) mass is 288 g/mol. The van der Waals surface area contributed by atoms with E-state index in [9.17, 15) is 13.2 Å². The quantitative estimate of drug-likeness (QED) is 0.904. The van der Waals surface area contributed by atoms with Crippen molar-refractivity contribution in [2.24, 2.45) is 0 Å². The number of aromatic carboxylic acids is 1. The lowest BCUT2D eigenvalue weighted by Crippen LogP contribution is -2.32. The van der Waals surface area contributed by atoms with Crippen LogP contribution in [0, 0.1) is 13.8 Å². The largest absolute Gasteiger partial charge is 0.478 e. The van der Waals surface area contributed by atoms with Crippen LogP contribution in [0.5, 0.6) is 0 Å². The molecule has 108 valence electrons. The van der Waals surface area contributed by atoms with Crippen LogP contribution in [0.4, 0.5) is 0 Å². The van der Waals surface area contributed by atoms with Gasteiger partial charge in [-0.25, -0.2) is 13.2 Å². The van der Waals surface area contributed by atoms with Crippen molar-refractivity contribution in [2.45, 2.75) is 45.9 Å². The van der Waals surface area contributed by atoms with Gasteiger partial charge in [-0.2, -0.15) is 5.10 Å². The highest BCUT2D eigenvalue weighted by Crippen LogP contribution is 2.18. The van der Waals surface area contributed by atoms with Crippen LogP contribution in [-0.2, 0) is 16.4 Å². The molecule has 7 heteroatoms. The Morgan fingerprint density at radius 2 is 1.84 bits per heavy atom. The molecule has 0 aliphatic carbocycles. The van der Waals surface area contributed by atoms with Crippen molar-refractivity contribution in [3.05, 3.63) is 17.0 Å². The molecule has 0 aliphatic rings. The van der Waals surface area contributed by atoms with E-state index in [2.05, 4.69) is 5.10 Å². The predicted molar refractivity (Wildman–Crippen MR) is 72.2 cm³/mol. The fraction of sp³-hybridized carbons (Fsp3) is 0.667. The third-order valence-corrected chi connectivity index (χ3v) is 5.69. The lowest BCUT2D eigenvalue weighted by Gasteiger charge is -2.19. The summed E-state index contributed by atoms with van der Waals surface area (Å²) in [5.74, 6) is -1.10. The van der Waals surface area contributed by atoms with Crippen LogP contribution >= 0.6 is 0 Å². The molecule has 0 bridgehead atoms. The van der Waals surface area contributed by atoms with E-state index >= 15 is 0 Å². The number of hydrogen-bond donors (Lipinski definition) is 1. The van der Waals surface area contributed by atoms with Crippen LogP contribution in [0.25, 0.3) is 0 Å². The lowest BCUT2D eigenvalue weighted by atomic mass is 10.2. The number of aryl methyl sites for hydroxylation is 2. The van der Waals surface area contributed by atoms with Gasteiger partial charge in [-0.05, 0) is 34.6 Å². The summed E-state index contributed by atoms with van der Waals surface area (Å²) >= 11 is 0. The van der Waals surface area contributed by atoms with Gasteiger partial charge in [0.25, 0.3) is 0 Å². The number of aromatic nitrogens is 2. The van der Waals surface area contributed by atoms with Gasteiger partial charge in [0.05, 0.1) is 28.4 Å². The second kappa shape index (κ2) is 4.96. The zero-order valence-corrected chi connectivity index (χ0v) is 12.7. The highest BCUT2D eigenvalue weighted by molar-refractivity contribution is 7.92. The molecule has 0 radical (unpaired) electrons.